The van der Waals surface area contributed by atoms with Crippen LogP contribution < -0.4 is 9.64 Å². The van der Waals surface area contributed by atoms with Crippen molar-refractivity contribution in [3.63, 3.8) is 0 Å². The maximum atomic E-state index is 5.77. The lowest BCUT2D eigenvalue weighted by molar-refractivity contribution is 0.480. The van der Waals surface area contributed by atoms with E-state index in [1.807, 2.05) is 49.3 Å². The third-order valence-corrected chi connectivity index (χ3v) is 2.80. The molecule has 1 aromatic carbocycles. The van der Waals surface area contributed by atoms with Crippen LogP contribution in [-0.4, -0.2) is 19.1 Å². The molecule has 0 saturated heterocycles. The summed E-state index contributed by atoms with van der Waals surface area (Å²) in [7, 11) is 3.99. The van der Waals surface area contributed by atoms with Gasteiger partial charge in [0.1, 0.15) is 11.5 Å². The summed E-state index contributed by atoms with van der Waals surface area (Å²) >= 11 is 5.77. The smallest absolute Gasteiger partial charge is 0.146 e. The zero-order valence-electron chi connectivity index (χ0n) is 10.4. The Morgan fingerprint density at radius 3 is 2.72 bits per heavy atom. The number of anilines is 1. The molecule has 0 spiro atoms. The molecule has 0 atom stereocenters. The quantitative estimate of drug-likeness (QED) is 0.786. The third-order valence-electron chi connectivity index (χ3n) is 2.49. The fraction of sp³-hybridized carbons (Fsp3) is 0.214. The summed E-state index contributed by atoms with van der Waals surface area (Å²) < 4.78 is 5.76. The number of alkyl halides is 1. The van der Waals surface area contributed by atoms with Crippen LogP contribution in [0.25, 0.3) is 0 Å². The highest BCUT2D eigenvalue weighted by molar-refractivity contribution is 6.17. The van der Waals surface area contributed by atoms with Gasteiger partial charge in [0.25, 0.3) is 0 Å². The molecule has 18 heavy (non-hydrogen) atoms. The van der Waals surface area contributed by atoms with E-state index in [0.717, 1.165) is 17.0 Å². The molecule has 0 N–H and O–H groups in total. The summed E-state index contributed by atoms with van der Waals surface area (Å²) in [6.45, 7) is 0. The standard InChI is InChI=1S/C14H15ClN2O/c1-17(2)12-4-3-5-13(7-12)18-14-6-11(8-15)9-16-10-14/h3-7,9-10H,8H2,1-2H3. The van der Waals surface area contributed by atoms with Crippen LogP contribution in [0.1, 0.15) is 5.56 Å². The van der Waals surface area contributed by atoms with Gasteiger partial charge in [0.2, 0.25) is 0 Å². The van der Waals surface area contributed by atoms with Crippen LogP contribution >= 0.6 is 11.6 Å². The van der Waals surface area contributed by atoms with E-state index in [1.54, 1.807) is 12.4 Å². The molecule has 0 amide bonds. The average molecular weight is 263 g/mol. The fourth-order valence-corrected chi connectivity index (χ4v) is 1.70. The fourth-order valence-electron chi connectivity index (χ4n) is 1.55. The molecule has 0 radical (unpaired) electrons. The second kappa shape index (κ2) is 5.74. The first-order valence-electron chi connectivity index (χ1n) is 5.64. The van der Waals surface area contributed by atoms with Crippen molar-refractivity contribution in [1.82, 2.24) is 4.98 Å². The molecule has 0 aliphatic heterocycles. The number of aromatic nitrogens is 1. The molecule has 3 nitrogen and oxygen atoms in total. The van der Waals surface area contributed by atoms with Crippen LogP contribution in [0.3, 0.4) is 0 Å². The molecule has 1 aromatic heterocycles. The first-order valence-corrected chi connectivity index (χ1v) is 6.17. The van der Waals surface area contributed by atoms with Crippen LogP contribution in [0.5, 0.6) is 11.5 Å². The summed E-state index contributed by atoms with van der Waals surface area (Å²) in [6.07, 6.45) is 3.41. The zero-order chi connectivity index (χ0) is 13.0. The lowest BCUT2D eigenvalue weighted by atomic mass is 10.3. The molecule has 94 valence electrons. The Bertz CT molecular complexity index is 529. The number of pyridine rings is 1. The van der Waals surface area contributed by atoms with E-state index >= 15 is 0 Å². The Morgan fingerprint density at radius 1 is 1.17 bits per heavy atom. The molecule has 1 heterocycles. The minimum atomic E-state index is 0.432. The predicted octanol–water partition coefficient (Wildman–Crippen LogP) is 3.68. The molecule has 0 aliphatic carbocycles. The lowest BCUT2D eigenvalue weighted by Gasteiger charge is -2.14. The van der Waals surface area contributed by atoms with Gasteiger partial charge >= 0.3 is 0 Å². The van der Waals surface area contributed by atoms with E-state index in [2.05, 4.69) is 4.98 Å². The van der Waals surface area contributed by atoms with E-state index in [1.165, 1.54) is 0 Å². The topological polar surface area (TPSA) is 25.4 Å². The maximum Gasteiger partial charge on any atom is 0.146 e. The minimum Gasteiger partial charge on any atom is -0.456 e. The van der Waals surface area contributed by atoms with Crippen LogP contribution in [0, 0.1) is 0 Å². The molecular formula is C14H15ClN2O. The van der Waals surface area contributed by atoms with Gasteiger partial charge in [-0.15, -0.1) is 11.6 Å². The van der Waals surface area contributed by atoms with Gasteiger partial charge in [-0.1, -0.05) is 6.07 Å². The van der Waals surface area contributed by atoms with E-state index in [4.69, 9.17) is 16.3 Å². The number of hydrogen-bond donors (Lipinski definition) is 0. The Hall–Kier alpha value is -1.74. The largest absolute Gasteiger partial charge is 0.456 e. The molecule has 0 fully saturated rings. The van der Waals surface area contributed by atoms with Crippen LogP contribution in [-0.2, 0) is 5.88 Å². The average Bonchev–Trinajstić information content (AvgIpc) is 2.39. The van der Waals surface area contributed by atoms with Gasteiger partial charge < -0.3 is 9.64 Å². The number of halogens is 1. The lowest BCUT2D eigenvalue weighted by Crippen LogP contribution is -2.08. The first-order chi connectivity index (χ1) is 8.69. The summed E-state index contributed by atoms with van der Waals surface area (Å²) in [5.74, 6) is 1.92. The minimum absolute atomic E-state index is 0.432. The van der Waals surface area contributed by atoms with Gasteiger partial charge in [-0.25, -0.2) is 0 Å². The Labute approximate surface area is 112 Å². The second-order valence-electron chi connectivity index (χ2n) is 4.16. The van der Waals surface area contributed by atoms with Gasteiger partial charge in [0.15, 0.2) is 0 Å². The van der Waals surface area contributed by atoms with E-state index in [-0.39, 0.29) is 0 Å². The van der Waals surface area contributed by atoms with Gasteiger partial charge in [-0.05, 0) is 23.8 Å². The van der Waals surface area contributed by atoms with Gasteiger partial charge in [0, 0.05) is 37.9 Å². The van der Waals surface area contributed by atoms with Crippen molar-refractivity contribution in [2.75, 3.05) is 19.0 Å². The van der Waals surface area contributed by atoms with E-state index in [0.29, 0.717) is 11.6 Å². The summed E-state index contributed by atoms with van der Waals surface area (Å²) in [5, 5.41) is 0. The highest BCUT2D eigenvalue weighted by Crippen LogP contribution is 2.25. The van der Waals surface area contributed by atoms with Crippen molar-refractivity contribution in [1.29, 1.82) is 0 Å². The second-order valence-corrected chi connectivity index (χ2v) is 4.42. The number of benzene rings is 1. The van der Waals surface area contributed by atoms with Crippen LogP contribution in [0.2, 0.25) is 0 Å². The number of hydrogen-bond acceptors (Lipinski definition) is 3. The van der Waals surface area contributed by atoms with Crippen molar-refractivity contribution in [3.8, 4) is 11.5 Å². The van der Waals surface area contributed by atoms with Gasteiger partial charge in [0.05, 0.1) is 6.20 Å². The predicted molar refractivity (Wildman–Crippen MR) is 74.6 cm³/mol. The Kier molecular flexibility index (Phi) is 4.05. The monoisotopic (exact) mass is 262 g/mol. The highest BCUT2D eigenvalue weighted by atomic mass is 35.5. The normalized spacial score (nSPS) is 10.2. The maximum absolute atomic E-state index is 5.77. The highest BCUT2D eigenvalue weighted by Gasteiger charge is 2.01. The van der Waals surface area contributed by atoms with Crippen molar-refractivity contribution in [2.45, 2.75) is 5.88 Å². The molecular weight excluding hydrogens is 248 g/mol. The zero-order valence-corrected chi connectivity index (χ0v) is 11.2. The summed E-state index contributed by atoms with van der Waals surface area (Å²) in [5.41, 5.74) is 2.03. The van der Waals surface area contributed by atoms with E-state index in [9.17, 15) is 0 Å². The van der Waals surface area contributed by atoms with Crippen molar-refractivity contribution in [3.05, 3.63) is 48.3 Å². The Morgan fingerprint density at radius 2 is 2.00 bits per heavy atom. The molecule has 2 rings (SSSR count). The molecule has 0 bridgehead atoms. The Balaban J connectivity index is 2.20. The summed E-state index contributed by atoms with van der Waals surface area (Å²) in [4.78, 5) is 6.12. The molecule has 0 aliphatic rings. The number of ether oxygens (including phenoxy) is 1. The summed E-state index contributed by atoms with van der Waals surface area (Å²) in [6, 6.07) is 9.78. The third kappa shape index (κ3) is 3.14. The SMILES string of the molecule is CN(C)c1cccc(Oc2cncc(CCl)c2)c1. The molecule has 2 aromatic rings. The van der Waals surface area contributed by atoms with Crippen molar-refractivity contribution >= 4 is 17.3 Å². The van der Waals surface area contributed by atoms with E-state index < -0.39 is 0 Å². The first kappa shape index (κ1) is 12.7. The molecule has 4 heteroatoms. The van der Waals surface area contributed by atoms with Crippen LogP contribution in [0.15, 0.2) is 42.7 Å². The molecule has 0 unspecified atom stereocenters. The van der Waals surface area contributed by atoms with Crippen LogP contribution in [0.4, 0.5) is 5.69 Å². The van der Waals surface area contributed by atoms with Crippen molar-refractivity contribution < 1.29 is 4.74 Å². The van der Waals surface area contributed by atoms with Crippen molar-refractivity contribution in [2.24, 2.45) is 0 Å². The number of nitrogens with zero attached hydrogens (tertiary/aromatic N) is 2. The molecule has 0 saturated carbocycles. The van der Waals surface area contributed by atoms with Gasteiger partial charge in [-0.2, -0.15) is 0 Å². The van der Waals surface area contributed by atoms with Gasteiger partial charge in [-0.3, -0.25) is 4.98 Å². The number of rotatable bonds is 4.